The zero-order valence-corrected chi connectivity index (χ0v) is 18.0. The molecule has 0 saturated heterocycles. The Bertz CT molecular complexity index is 1350. The number of aromatic amines is 1. The van der Waals surface area contributed by atoms with Crippen LogP contribution >= 0.6 is 0 Å². The van der Waals surface area contributed by atoms with Gasteiger partial charge in [0.15, 0.2) is 0 Å². The van der Waals surface area contributed by atoms with E-state index in [4.69, 9.17) is 9.73 Å². The number of aliphatic imine (C=N–C) groups is 1. The number of para-hydroxylation sites is 1. The molecule has 0 fully saturated rings. The van der Waals surface area contributed by atoms with Crippen LogP contribution in [0.4, 0.5) is 0 Å². The molecule has 3 heterocycles. The predicted octanol–water partition coefficient (Wildman–Crippen LogP) is 6.01. The number of methoxy groups -OCH3 is 1. The van der Waals surface area contributed by atoms with Gasteiger partial charge in [0, 0.05) is 34.9 Å². The first-order valence-electron chi connectivity index (χ1n) is 10.5. The second-order valence-corrected chi connectivity index (χ2v) is 7.95. The summed E-state index contributed by atoms with van der Waals surface area (Å²) in [5.41, 5.74) is 8.68. The third kappa shape index (κ3) is 3.61. The molecule has 154 valence electrons. The molecule has 1 aliphatic rings. The predicted molar refractivity (Wildman–Crippen MR) is 127 cm³/mol. The topological polar surface area (TPSA) is 42.3 Å². The maximum Gasteiger partial charge on any atom is 0.146 e. The van der Waals surface area contributed by atoms with Crippen LogP contribution < -0.4 is 0 Å². The number of fused-ring (bicyclic) bond motifs is 1. The Labute approximate surface area is 182 Å². The van der Waals surface area contributed by atoms with Gasteiger partial charge < -0.3 is 14.3 Å². The van der Waals surface area contributed by atoms with Crippen LogP contribution in [0.3, 0.4) is 0 Å². The summed E-state index contributed by atoms with van der Waals surface area (Å²) in [7, 11) is 1.70. The number of H-pyrrole nitrogens is 1. The standard InChI is InChI=1S/C27H25N3O/c1-18-13-19(2)28-22(18)15-24-27(31-3)16-23(29-24)26-14-21-11-7-8-12-25(21)30(26)17-20-9-5-4-6-10-20/h4-16,28H,17H2,1-3H3/b24-15-. The Kier molecular flexibility index (Phi) is 4.83. The lowest BCUT2D eigenvalue weighted by Gasteiger charge is -2.10. The Morgan fingerprint density at radius 2 is 1.77 bits per heavy atom. The number of hydrogen-bond donors (Lipinski definition) is 1. The lowest BCUT2D eigenvalue weighted by Crippen LogP contribution is -2.08. The molecule has 2 aromatic heterocycles. The molecular weight excluding hydrogens is 382 g/mol. The van der Waals surface area contributed by atoms with E-state index in [9.17, 15) is 0 Å². The molecule has 0 aliphatic carbocycles. The van der Waals surface area contributed by atoms with Crippen molar-refractivity contribution in [3.8, 4) is 0 Å². The van der Waals surface area contributed by atoms with Gasteiger partial charge in [-0.3, -0.25) is 0 Å². The van der Waals surface area contributed by atoms with Gasteiger partial charge in [-0.05, 0) is 49.2 Å². The average Bonchev–Trinajstić information content (AvgIpc) is 3.44. The molecule has 0 bridgehead atoms. The molecule has 0 saturated carbocycles. The molecule has 0 unspecified atom stereocenters. The lowest BCUT2D eigenvalue weighted by atomic mass is 10.2. The highest BCUT2D eigenvalue weighted by atomic mass is 16.5. The SMILES string of the molecule is COC1=CC(c2cc3ccccc3n2Cc2ccccc2)=N/C1=C\c1[nH]c(C)cc1C. The molecule has 2 aromatic carbocycles. The van der Waals surface area contributed by atoms with Crippen LogP contribution in [-0.4, -0.2) is 22.4 Å². The molecule has 5 rings (SSSR count). The fourth-order valence-electron chi connectivity index (χ4n) is 4.21. The van der Waals surface area contributed by atoms with Gasteiger partial charge in [-0.1, -0.05) is 48.5 Å². The quantitative estimate of drug-likeness (QED) is 0.433. The zero-order chi connectivity index (χ0) is 21.4. The first-order chi connectivity index (χ1) is 15.1. The van der Waals surface area contributed by atoms with Crippen molar-refractivity contribution in [1.29, 1.82) is 0 Å². The molecular formula is C27H25N3O. The number of rotatable bonds is 5. The van der Waals surface area contributed by atoms with E-state index in [1.54, 1.807) is 7.11 Å². The van der Waals surface area contributed by atoms with Crippen molar-refractivity contribution in [3.63, 3.8) is 0 Å². The number of nitrogens with one attached hydrogen (secondary N) is 1. The number of benzene rings is 2. The van der Waals surface area contributed by atoms with Crippen LogP contribution in [0, 0.1) is 13.8 Å². The molecule has 4 aromatic rings. The summed E-state index contributed by atoms with van der Waals surface area (Å²) < 4.78 is 8.02. The lowest BCUT2D eigenvalue weighted by molar-refractivity contribution is 0.303. The van der Waals surface area contributed by atoms with Crippen molar-refractivity contribution in [2.45, 2.75) is 20.4 Å². The number of allylic oxidation sites excluding steroid dienone is 1. The molecule has 0 spiro atoms. The van der Waals surface area contributed by atoms with Crippen LogP contribution in [0.2, 0.25) is 0 Å². The van der Waals surface area contributed by atoms with E-state index in [0.717, 1.165) is 40.8 Å². The summed E-state index contributed by atoms with van der Waals surface area (Å²) >= 11 is 0. The van der Waals surface area contributed by atoms with Crippen molar-refractivity contribution in [2.75, 3.05) is 7.11 Å². The summed E-state index contributed by atoms with van der Waals surface area (Å²) in [5, 5.41) is 1.21. The monoisotopic (exact) mass is 407 g/mol. The van der Waals surface area contributed by atoms with Gasteiger partial charge >= 0.3 is 0 Å². The van der Waals surface area contributed by atoms with E-state index in [0.29, 0.717) is 0 Å². The van der Waals surface area contributed by atoms with E-state index in [-0.39, 0.29) is 0 Å². The minimum Gasteiger partial charge on any atom is -0.494 e. The summed E-state index contributed by atoms with van der Waals surface area (Å²) in [6.07, 6.45) is 4.10. The molecule has 4 nitrogen and oxygen atoms in total. The van der Waals surface area contributed by atoms with Crippen molar-refractivity contribution in [3.05, 3.63) is 112 Å². The largest absolute Gasteiger partial charge is 0.494 e. The number of ether oxygens (including phenoxy) is 1. The molecule has 1 aliphatic heterocycles. The third-order valence-electron chi connectivity index (χ3n) is 5.71. The molecule has 1 N–H and O–H groups in total. The second-order valence-electron chi connectivity index (χ2n) is 7.95. The van der Waals surface area contributed by atoms with Crippen molar-refractivity contribution in [1.82, 2.24) is 9.55 Å². The summed E-state index contributed by atoms with van der Waals surface area (Å²) in [4.78, 5) is 8.38. The van der Waals surface area contributed by atoms with Gasteiger partial charge in [0.1, 0.15) is 11.5 Å². The van der Waals surface area contributed by atoms with Crippen LogP contribution in [-0.2, 0) is 11.3 Å². The Balaban J connectivity index is 1.62. The van der Waals surface area contributed by atoms with E-state index in [2.05, 4.69) is 90.1 Å². The Morgan fingerprint density at radius 1 is 1.00 bits per heavy atom. The van der Waals surface area contributed by atoms with Crippen LogP contribution in [0.15, 0.2) is 89.3 Å². The fourth-order valence-corrected chi connectivity index (χ4v) is 4.21. The minimum atomic E-state index is 0.776. The van der Waals surface area contributed by atoms with E-state index in [1.807, 2.05) is 12.1 Å². The highest BCUT2D eigenvalue weighted by Crippen LogP contribution is 2.29. The van der Waals surface area contributed by atoms with E-state index >= 15 is 0 Å². The molecule has 0 amide bonds. The minimum absolute atomic E-state index is 0.776. The molecule has 0 atom stereocenters. The maximum absolute atomic E-state index is 5.68. The highest BCUT2D eigenvalue weighted by Gasteiger charge is 2.21. The number of aromatic nitrogens is 2. The van der Waals surface area contributed by atoms with Crippen molar-refractivity contribution < 1.29 is 4.74 Å². The highest BCUT2D eigenvalue weighted by molar-refractivity contribution is 6.13. The fraction of sp³-hybridized carbons (Fsp3) is 0.148. The summed E-state index contributed by atoms with van der Waals surface area (Å²) in [5.74, 6) is 0.776. The molecule has 0 radical (unpaired) electrons. The number of aryl methyl sites for hydroxylation is 2. The van der Waals surface area contributed by atoms with Gasteiger partial charge in [0.2, 0.25) is 0 Å². The van der Waals surface area contributed by atoms with Crippen molar-refractivity contribution >= 4 is 22.7 Å². The third-order valence-corrected chi connectivity index (χ3v) is 5.71. The van der Waals surface area contributed by atoms with Gasteiger partial charge in [-0.25, -0.2) is 4.99 Å². The average molecular weight is 408 g/mol. The van der Waals surface area contributed by atoms with Gasteiger partial charge in [0.05, 0.1) is 18.5 Å². The van der Waals surface area contributed by atoms with Gasteiger partial charge in [-0.2, -0.15) is 0 Å². The van der Waals surface area contributed by atoms with Gasteiger partial charge in [-0.15, -0.1) is 0 Å². The first kappa shape index (κ1) is 19.2. The first-order valence-corrected chi connectivity index (χ1v) is 10.5. The van der Waals surface area contributed by atoms with Gasteiger partial charge in [0.25, 0.3) is 0 Å². The maximum atomic E-state index is 5.68. The Morgan fingerprint density at radius 3 is 2.52 bits per heavy atom. The smallest absolute Gasteiger partial charge is 0.146 e. The molecule has 31 heavy (non-hydrogen) atoms. The van der Waals surface area contributed by atoms with Crippen LogP contribution in [0.5, 0.6) is 0 Å². The Hall–Kier alpha value is -3.79. The van der Waals surface area contributed by atoms with Crippen LogP contribution in [0.1, 0.15) is 28.2 Å². The summed E-state index contributed by atoms with van der Waals surface area (Å²) in [6.45, 7) is 4.95. The number of nitrogens with zero attached hydrogens (tertiary/aromatic N) is 2. The van der Waals surface area contributed by atoms with Crippen molar-refractivity contribution in [2.24, 2.45) is 4.99 Å². The summed E-state index contributed by atoms with van der Waals surface area (Å²) in [6, 6.07) is 23.4. The van der Waals surface area contributed by atoms with E-state index < -0.39 is 0 Å². The number of hydrogen-bond acceptors (Lipinski definition) is 2. The van der Waals surface area contributed by atoms with E-state index in [1.165, 1.54) is 22.0 Å². The molecule has 4 heteroatoms. The normalized spacial score (nSPS) is 14.9. The van der Waals surface area contributed by atoms with Crippen LogP contribution in [0.25, 0.3) is 17.0 Å². The zero-order valence-electron chi connectivity index (χ0n) is 18.0. The second kappa shape index (κ2) is 7.80.